The maximum atomic E-state index is 10.7. The van der Waals surface area contributed by atoms with Crippen LogP contribution < -0.4 is 0 Å². The van der Waals surface area contributed by atoms with Crippen LogP contribution >= 0.6 is 0 Å². The minimum atomic E-state index is 0.0361. The van der Waals surface area contributed by atoms with E-state index >= 15 is 0 Å². The van der Waals surface area contributed by atoms with Crippen molar-refractivity contribution in [1.82, 2.24) is 0 Å². The molecule has 0 atom stereocenters. The predicted octanol–water partition coefficient (Wildman–Crippen LogP) is 1.50. The first-order valence-electron chi connectivity index (χ1n) is 3.44. The Labute approximate surface area is 60.9 Å². The Morgan fingerprint density at radius 3 is 2.70 bits per heavy atom. The van der Waals surface area contributed by atoms with Crippen LogP contribution in [0.25, 0.3) is 0 Å². The molecule has 0 saturated carbocycles. The van der Waals surface area contributed by atoms with E-state index in [1.165, 1.54) is 6.08 Å². The van der Waals surface area contributed by atoms with Gasteiger partial charge in [-0.3, -0.25) is 4.79 Å². The van der Waals surface area contributed by atoms with E-state index in [4.69, 9.17) is 0 Å². The third kappa shape index (κ3) is 5.22. The van der Waals surface area contributed by atoms with Gasteiger partial charge in [-0.25, -0.2) is 0 Å². The fourth-order valence-electron chi connectivity index (χ4n) is 0.534. The van der Waals surface area contributed by atoms with Gasteiger partial charge in [0.1, 0.15) is 6.29 Å². The van der Waals surface area contributed by atoms with Crippen molar-refractivity contribution in [2.45, 2.75) is 26.2 Å². The highest BCUT2D eigenvalue weighted by atomic mass is 16.1. The van der Waals surface area contributed by atoms with Crippen molar-refractivity contribution in [3.8, 4) is 0 Å². The SMILES string of the molecule is CCC=CC(=O)CCC=O. The Bertz CT molecular complexity index is 136. The van der Waals surface area contributed by atoms with E-state index in [1.54, 1.807) is 6.08 Å². The summed E-state index contributed by atoms with van der Waals surface area (Å²) in [6.07, 6.45) is 5.65. The van der Waals surface area contributed by atoms with Crippen molar-refractivity contribution >= 4 is 12.1 Å². The summed E-state index contributed by atoms with van der Waals surface area (Å²) in [5.74, 6) is 0.0361. The third-order valence-electron chi connectivity index (χ3n) is 1.05. The van der Waals surface area contributed by atoms with Crippen molar-refractivity contribution in [2.24, 2.45) is 0 Å². The number of carbonyl (C=O) groups excluding carboxylic acids is 2. The highest BCUT2D eigenvalue weighted by Gasteiger charge is 1.92. The minimum absolute atomic E-state index is 0.0361. The van der Waals surface area contributed by atoms with E-state index < -0.39 is 0 Å². The van der Waals surface area contributed by atoms with Crippen LogP contribution in [-0.2, 0) is 9.59 Å². The molecule has 0 unspecified atom stereocenters. The molecule has 0 aromatic rings. The first kappa shape index (κ1) is 9.08. The van der Waals surface area contributed by atoms with Crippen LogP contribution in [0.4, 0.5) is 0 Å². The van der Waals surface area contributed by atoms with Crippen molar-refractivity contribution < 1.29 is 9.59 Å². The molecule has 56 valence electrons. The van der Waals surface area contributed by atoms with Crippen LogP contribution in [0.15, 0.2) is 12.2 Å². The molecule has 10 heavy (non-hydrogen) atoms. The molecule has 0 amide bonds. The molecule has 2 nitrogen and oxygen atoms in total. The van der Waals surface area contributed by atoms with Gasteiger partial charge in [-0.1, -0.05) is 13.0 Å². The molecule has 0 aliphatic heterocycles. The second kappa shape index (κ2) is 6.20. The molecule has 0 aromatic heterocycles. The van der Waals surface area contributed by atoms with Crippen molar-refractivity contribution in [2.75, 3.05) is 0 Å². The number of hydrogen-bond donors (Lipinski definition) is 0. The summed E-state index contributed by atoms with van der Waals surface area (Å²) in [5, 5.41) is 0. The Hall–Kier alpha value is -0.920. The van der Waals surface area contributed by atoms with E-state index in [0.29, 0.717) is 12.8 Å². The van der Waals surface area contributed by atoms with Crippen LogP contribution in [-0.4, -0.2) is 12.1 Å². The highest BCUT2D eigenvalue weighted by molar-refractivity contribution is 5.90. The van der Waals surface area contributed by atoms with E-state index in [0.717, 1.165) is 12.7 Å². The molecule has 0 aliphatic rings. The van der Waals surface area contributed by atoms with Gasteiger partial charge < -0.3 is 4.79 Å². The minimum Gasteiger partial charge on any atom is -0.303 e. The number of carbonyl (C=O) groups is 2. The molecule has 0 rings (SSSR count). The summed E-state index contributed by atoms with van der Waals surface area (Å²) >= 11 is 0. The molecule has 0 saturated heterocycles. The summed E-state index contributed by atoms with van der Waals surface area (Å²) in [5.41, 5.74) is 0. The van der Waals surface area contributed by atoms with Crippen LogP contribution in [0.2, 0.25) is 0 Å². The molecular weight excluding hydrogens is 128 g/mol. The summed E-state index contributed by atoms with van der Waals surface area (Å²) in [7, 11) is 0. The zero-order valence-corrected chi connectivity index (χ0v) is 6.17. The standard InChI is InChI=1S/C8H12O2/c1-2-3-5-8(10)6-4-7-9/h3,5,7H,2,4,6H2,1H3. The maximum Gasteiger partial charge on any atom is 0.155 e. The van der Waals surface area contributed by atoms with Crippen molar-refractivity contribution in [3.05, 3.63) is 12.2 Å². The number of hydrogen-bond acceptors (Lipinski definition) is 2. The maximum absolute atomic E-state index is 10.7. The number of rotatable bonds is 5. The molecular formula is C8H12O2. The quantitative estimate of drug-likeness (QED) is 0.428. The number of ketones is 1. The molecule has 0 N–H and O–H groups in total. The van der Waals surface area contributed by atoms with Gasteiger partial charge in [0.25, 0.3) is 0 Å². The Kier molecular flexibility index (Phi) is 5.63. The largest absolute Gasteiger partial charge is 0.303 e. The molecule has 0 aliphatic carbocycles. The monoisotopic (exact) mass is 140 g/mol. The third-order valence-corrected chi connectivity index (χ3v) is 1.05. The first-order valence-corrected chi connectivity index (χ1v) is 3.44. The summed E-state index contributed by atoms with van der Waals surface area (Å²) in [6, 6.07) is 0. The van der Waals surface area contributed by atoms with Gasteiger partial charge in [-0.05, 0) is 12.5 Å². The predicted molar refractivity (Wildman–Crippen MR) is 39.7 cm³/mol. The summed E-state index contributed by atoms with van der Waals surface area (Å²) in [4.78, 5) is 20.5. The topological polar surface area (TPSA) is 34.1 Å². The lowest BCUT2D eigenvalue weighted by atomic mass is 10.2. The second-order valence-electron chi connectivity index (χ2n) is 1.98. The van der Waals surface area contributed by atoms with E-state index in [9.17, 15) is 9.59 Å². The van der Waals surface area contributed by atoms with E-state index in [2.05, 4.69) is 0 Å². The number of allylic oxidation sites excluding steroid dienone is 2. The van der Waals surface area contributed by atoms with Gasteiger partial charge in [-0.2, -0.15) is 0 Å². The van der Waals surface area contributed by atoms with E-state index in [1.807, 2.05) is 6.92 Å². The fraction of sp³-hybridized carbons (Fsp3) is 0.500. The van der Waals surface area contributed by atoms with Crippen LogP contribution in [0, 0.1) is 0 Å². The smallest absolute Gasteiger partial charge is 0.155 e. The molecule has 0 heterocycles. The van der Waals surface area contributed by atoms with Gasteiger partial charge in [0, 0.05) is 12.8 Å². The fourth-order valence-corrected chi connectivity index (χ4v) is 0.534. The van der Waals surface area contributed by atoms with Crippen molar-refractivity contribution in [3.63, 3.8) is 0 Å². The van der Waals surface area contributed by atoms with Gasteiger partial charge in [0.05, 0.1) is 0 Å². The molecule has 0 bridgehead atoms. The number of aldehydes is 1. The lowest BCUT2D eigenvalue weighted by Crippen LogP contribution is -1.91. The molecule has 0 aromatic carbocycles. The zero-order valence-electron chi connectivity index (χ0n) is 6.17. The van der Waals surface area contributed by atoms with Gasteiger partial charge in [-0.15, -0.1) is 0 Å². The average Bonchev–Trinajstić information content (AvgIpc) is 1.97. The summed E-state index contributed by atoms with van der Waals surface area (Å²) < 4.78 is 0. The first-order chi connectivity index (χ1) is 4.81. The van der Waals surface area contributed by atoms with Crippen LogP contribution in [0.1, 0.15) is 26.2 Å². The highest BCUT2D eigenvalue weighted by Crippen LogP contribution is 1.90. The molecule has 0 fully saturated rings. The van der Waals surface area contributed by atoms with Crippen molar-refractivity contribution in [1.29, 1.82) is 0 Å². The van der Waals surface area contributed by atoms with Crippen LogP contribution in [0.3, 0.4) is 0 Å². The summed E-state index contributed by atoms with van der Waals surface area (Å²) in [6.45, 7) is 1.96. The van der Waals surface area contributed by atoms with Gasteiger partial charge in [0.15, 0.2) is 5.78 Å². The lowest BCUT2D eigenvalue weighted by Gasteiger charge is -1.85. The second-order valence-corrected chi connectivity index (χ2v) is 1.98. The average molecular weight is 140 g/mol. The normalized spacial score (nSPS) is 10.1. The van der Waals surface area contributed by atoms with Crippen LogP contribution in [0.5, 0.6) is 0 Å². The van der Waals surface area contributed by atoms with Gasteiger partial charge in [0.2, 0.25) is 0 Å². The Morgan fingerprint density at radius 1 is 1.50 bits per heavy atom. The molecule has 2 heteroatoms. The zero-order chi connectivity index (χ0) is 7.82. The van der Waals surface area contributed by atoms with E-state index in [-0.39, 0.29) is 5.78 Å². The molecule has 0 spiro atoms. The van der Waals surface area contributed by atoms with Gasteiger partial charge >= 0.3 is 0 Å². The Morgan fingerprint density at radius 2 is 2.20 bits per heavy atom. The Balaban J connectivity index is 3.43. The lowest BCUT2D eigenvalue weighted by molar-refractivity contribution is -0.116. The molecule has 0 radical (unpaired) electrons.